The van der Waals surface area contributed by atoms with Crippen LogP contribution in [0, 0.1) is 12.7 Å². The molecule has 1 amide bonds. The Morgan fingerprint density at radius 1 is 1.24 bits per heavy atom. The summed E-state index contributed by atoms with van der Waals surface area (Å²) in [4.78, 5) is 20.8. The standard InChI is InChI=1S/C22H21FN4OS/c1-15-24-11-12-27(15)19-10-9-16(13-17(19)23)14-25-21(28)7-4-8-22-26-18-5-2-3-6-20(18)29-22/h2-3,5-6,9-13H,4,7-8,14H2,1H3,(H,25,28). The Hall–Kier alpha value is -3.06. The number of rotatable bonds is 7. The number of carbonyl (C=O) groups is 1. The number of hydrogen-bond donors (Lipinski definition) is 1. The van der Waals surface area contributed by atoms with Crippen molar-refractivity contribution in [3.05, 3.63) is 77.1 Å². The Morgan fingerprint density at radius 2 is 2.10 bits per heavy atom. The van der Waals surface area contributed by atoms with Gasteiger partial charge in [-0.1, -0.05) is 18.2 Å². The van der Waals surface area contributed by atoms with Crippen LogP contribution in [0.1, 0.15) is 29.2 Å². The number of carbonyl (C=O) groups excluding carboxylic acids is 1. The van der Waals surface area contributed by atoms with Gasteiger partial charge < -0.3 is 9.88 Å². The summed E-state index contributed by atoms with van der Waals surface area (Å²) < 4.78 is 17.3. The molecule has 0 saturated heterocycles. The maximum absolute atomic E-state index is 14.4. The van der Waals surface area contributed by atoms with Crippen molar-refractivity contribution in [1.82, 2.24) is 19.9 Å². The molecule has 2 aromatic heterocycles. The van der Waals surface area contributed by atoms with Crippen molar-refractivity contribution < 1.29 is 9.18 Å². The Labute approximate surface area is 172 Å². The van der Waals surface area contributed by atoms with E-state index in [1.165, 1.54) is 10.8 Å². The van der Waals surface area contributed by atoms with Crippen molar-refractivity contribution in [2.45, 2.75) is 32.7 Å². The van der Waals surface area contributed by atoms with Gasteiger partial charge in [-0.15, -0.1) is 11.3 Å². The summed E-state index contributed by atoms with van der Waals surface area (Å²) in [6.07, 6.45) is 5.29. The van der Waals surface area contributed by atoms with E-state index in [9.17, 15) is 9.18 Å². The second-order valence-corrected chi connectivity index (χ2v) is 7.95. The lowest BCUT2D eigenvalue weighted by Gasteiger charge is -2.09. The maximum atomic E-state index is 14.4. The SMILES string of the molecule is Cc1nccn1-c1ccc(CNC(=O)CCCc2nc3ccccc3s2)cc1F. The van der Waals surface area contributed by atoms with Crippen LogP contribution in [0.25, 0.3) is 15.9 Å². The van der Waals surface area contributed by atoms with Gasteiger partial charge in [0.25, 0.3) is 0 Å². The third kappa shape index (κ3) is 4.51. The van der Waals surface area contributed by atoms with Crippen molar-refractivity contribution in [3.8, 4) is 5.69 Å². The number of amides is 1. The second kappa shape index (κ2) is 8.53. The molecule has 7 heteroatoms. The molecule has 2 aromatic carbocycles. The number of nitrogens with one attached hydrogen (secondary N) is 1. The normalized spacial score (nSPS) is 11.1. The van der Waals surface area contributed by atoms with E-state index in [-0.39, 0.29) is 11.7 Å². The monoisotopic (exact) mass is 408 g/mol. The van der Waals surface area contributed by atoms with Crippen LogP contribution in [-0.2, 0) is 17.8 Å². The number of para-hydroxylation sites is 1. The molecule has 0 unspecified atom stereocenters. The number of hydrogen-bond acceptors (Lipinski definition) is 4. The molecule has 1 N–H and O–H groups in total. The summed E-state index contributed by atoms with van der Waals surface area (Å²) in [5.74, 6) is 0.341. The topological polar surface area (TPSA) is 59.8 Å². The molecule has 0 radical (unpaired) electrons. The molecule has 5 nitrogen and oxygen atoms in total. The zero-order valence-electron chi connectivity index (χ0n) is 16.1. The minimum Gasteiger partial charge on any atom is -0.352 e. The number of aromatic nitrogens is 3. The summed E-state index contributed by atoms with van der Waals surface area (Å²) >= 11 is 1.67. The summed E-state index contributed by atoms with van der Waals surface area (Å²) in [7, 11) is 0. The number of thiazole rings is 1. The van der Waals surface area contributed by atoms with Gasteiger partial charge in [0, 0.05) is 25.4 Å². The first kappa shape index (κ1) is 19.3. The lowest BCUT2D eigenvalue weighted by Crippen LogP contribution is -2.22. The van der Waals surface area contributed by atoms with E-state index in [4.69, 9.17) is 0 Å². The predicted molar refractivity (Wildman–Crippen MR) is 113 cm³/mol. The van der Waals surface area contributed by atoms with Gasteiger partial charge in [0.15, 0.2) is 0 Å². The average Bonchev–Trinajstić information content (AvgIpc) is 3.32. The van der Waals surface area contributed by atoms with E-state index in [1.54, 1.807) is 34.4 Å². The van der Waals surface area contributed by atoms with Gasteiger partial charge in [-0.25, -0.2) is 14.4 Å². The van der Waals surface area contributed by atoms with Crippen molar-refractivity contribution >= 4 is 27.5 Å². The summed E-state index contributed by atoms with van der Waals surface area (Å²) in [6, 6.07) is 13.0. The van der Waals surface area contributed by atoms with Crippen LogP contribution in [0.4, 0.5) is 4.39 Å². The zero-order chi connectivity index (χ0) is 20.2. The highest BCUT2D eigenvalue weighted by atomic mass is 32.1. The minimum absolute atomic E-state index is 0.0407. The molecule has 0 bridgehead atoms. The molecule has 4 aromatic rings. The molecule has 4 rings (SSSR count). The van der Waals surface area contributed by atoms with E-state index >= 15 is 0 Å². The summed E-state index contributed by atoms with van der Waals surface area (Å²) in [5, 5.41) is 3.91. The molecule has 0 fully saturated rings. The molecular formula is C22H21FN4OS. The lowest BCUT2D eigenvalue weighted by molar-refractivity contribution is -0.121. The fourth-order valence-electron chi connectivity index (χ4n) is 3.20. The first-order chi connectivity index (χ1) is 14.1. The van der Waals surface area contributed by atoms with Crippen LogP contribution >= 0.6 is 11.3 Å². The van der Waals surface area contributed by atoms with Crippen LogP contribution in [0.2, 0.25) is 0 Å². The summed E-state index contributed by atoms with van der Waals surface area (Å²) in [5.41, 5.74) is 2.18. The zero-order valence-corrected chi connectivity index (χ0v) is 16.9. The molecule has 2 heterocycles. The molecular weight excluding hydrogens is 387 g/mol. The van der Waals surface area contributed by atoms with Gasteiger partial charge in [-0.3, -0.25) is 4.79 Å². The number of aryl methyl sites for hydroxylation is 2. The second-order valence-electron chi connectivity index (χ2n) is 6.84. The largest absolute Gasteiger partial charge is 0.352 e. The Bertz CT molecular complexity index is 1120. The first-order valence-corrected chi connectivity index (χ1v) is 10.3. The van der Waals surface area contributed by atoms with Crippen LogP contribution in [-0.4, -0.2) is 20.4 Å². The van der Waals surface area contributed by atoms with E-state index in [0.717, 1.165) is 34.8 Å². The molecule has 0 atom stereocenters. The fraction of sp³-hybridized carbons (Fsp3) is 0.227. The van der Waals surface area contributed by atoms with Crippen LogP contribution < -0.4 is 5.32 Å². The molecule has 0 aliphatic rings. The van der Waals surface area contributed by atoms with Crippen molar-refractivity contribution in [2.75, 3.05) is 0 Å². The van der Waals surface area contributed by atoms with E-state index in [1.807, 2.05) is 31.2 Å². The lowest BCUT2D eigenvalue weighted by atomic mass is 10.2. The third-order valence-electron chi connectivity index (χ3n) is 4.72. The van der Waals surface area contributed by atoms with Gasteiger partial charge in [-0.05, 0) is 49.6 Å². The van der Waals surface area contributed by atoms with Crippen LogP contribution in [0.5, 0.6) is 0 Å². The Balaban J connectivity index is 1.27. The highest BCUT2D eigenvalue weighted by Gasteiger charge is 2.09. The summed E-state index contributed by atoms with van der Waals surface area (Å²) in [6.45, 7) is 2.13. The van der Waals surface area contributed by atoms with Crippen molar-refractivity contribution in [3.63, 3.8) is 0 Å². The molecule has 0 saturated carbocycles. The van der Waals surface area contributed by atoms with Gasteiger partial charge in [0.1, 0.15) is 11.6 Å². The molecule has 0 spiro atoms. The molecule has 0 aliphatic carbocycles. The predicted octanol–water partition coefficient (Wildman–Crippen LogP) is 4.57. The molecule has 29 heavy (non-hydrogen) atoms. The van der Waals surface area contributed by atoms with Gasteiger partial charge >= 0.3 is 0 Å². The van der Waals surface area contributed by atoms with Gasteiger partial charge in [-0.2, -0.15) is 0 Å². The smallest absolute Gasteiger partial charge is 0.220 e. The number of imidazole rings is 1. The molecule has 148 valence electrons. The number of benzene rings is 2. The quantitative estimate of drug-likeness (QED) is 0.487. The van der Waals surface area contributed by atoms with Crippen LogP contribution in [0.15, 0.2) is 54.9 Å². The van der Waals surface area contributed by atoms with E-state index in [2.05, 4.69) is 21.4 Å². The third-order valence-corrected chi connectivity index (χ3v) is 5.82. The number of fused-ring (bicyclic) bond motifs is 1. The highest BCUT2D eigenvalue weighted by Crippen LogP contribution is 2.22. The van der Waals surface area contributed by atoms with Crippen molar-refractivity contribution in [2.24, 2.45) is 0 Å². The van der Waals surface area contributed by atoms with E-state index < -0.39 is 0 Å². The number of nitrogens with zero attached hydrogens (tertiary/aromatic N) is 3. The first-order valence-electron chi connectivity index (χ1n) is 9.50. The minimum atomic E-state index is -0.339. The fourth-order valence-corrected chi connectivity index (χ4v) is 4.21. The Kier molecular flexibility index (Phi) is 5.67. The maximum Gasteiger partial charge on any atom is 0.220 e. The number of halogens is 1. The molecule has 0 aliphatic heterocycles. The van der Waals surface area contributed by atoms with Crippen molar-refractivity contribution in [1.29, 1.82) is 0 Å². The Morgan fingerprint density at radius 3 is 2.86 bits per heavy atom. The van der Waals surface area contributed by atoms with Gasteiger partial charge in [0.2, 0.25) is 5.91 Å². The van der Waals surface area contributed by atoms with Gasteiger partial charge in [0.05, 0.1) is 20.9 Å². The highest BCUT2D eigenvalue weighted by molar-refractivity contribution is 7.18. The van der Waals surface area contributed by atoms with E-state index in [0.29, 0.717) is 18.7 Å². The van der Waals surface area contributed by atoms with Crippen LogP contribution in [0.3, 0.4) is 0 Å². The average molecular weight is 409 g/mol.